The van der Waals surface area contributed by atoms with Crippen LogP contribution in [0, 0.1) is 5.41 Å². The third-order valence-corrected chi connectivity index (χ3v) is 1.98. The summed E-state index contributed by atoms with van der Waals surface area (Å²) in [6.07, 6.45) is 1.15. The summed E-state index contributed by atoms with van der Waals surface area (Å²) in [5.74, 6) is -0.768. The van der Waals surface area contributed by atoms with Crippen LogP contribution in [0.3, 0.4) is 0 Å². The van der Waals surface area contributed by atoms with Gasteiger partial charge in [0.15, 0.2) is 5.88 Å². The van der Waals surface area contributed by atoms with Crippen LogP contribution in [0.2, 0.25) is 0 Å². The summed E-state index contributed by atoms with van der Waals surface area (Å²) in [7, 11) is 1.56. The van der Waals surface area contributed by atoms with Gasteiger partial charge in [-0.15, -0.1) is 0 Å². The third-order valence-electron chi connectivity index (χ3n) is 1.98. The van der Waals surface area contributed by atoms with Crippen molar-refractivity contribution in [1.29, 1.82) is 5.41 Å². The Morgan fingerprint density at radius 1 is 1.47 bits per heavy atom. The van der Waals surface area contributed by atoms with Gasteiger partial charge in [0, 0.05) is 20.1 Å². The molecule has 6 nitrogen and oxygen atoms in total. The van der Waals surface area contributed by atoms with Gasteiger partial charge < -0.3 is 20.0 Å². The maximum Gasteiger partial charge on any atom is 0.223 e. The standard InChI is InChI=1S/C11H20N2O4/c1-8(14)13-10(15)7-9(12)11(2,3)17-6-5-16-4/h7,12,15H,5-6H2,1-4H3,(H,13,14)/b10-7-,12-9?. The second kappa shape index (κ2) is 7.03. The van der Waals surface area contributed by atoms with Gasteiger partial charge in [0.05, 0.1) is 18.9 Å². The first-order valence-corrected chi connectivity index (χ1v) is 5.19. The van der Waals surface area contributed by atoms with Crippen molar-refractivity contribution in [2.75, 3.05) is 20.3 Å². The van der Waals surface area contributed by atoms with Crippen LogP contribution in [-0.2, 0) is 14.3 Å². The van der Waals surface area contributed by atoms with Gasteiger partial charge in [-0.1, -0.05) is 0 Å². The summed E-state index contributed by atoms with van der Waals surface area (Å²) in [6.45, 7) is 5.44. The first-order chi connectivity index (χ1) is 7.79. The molecule has 0 aliphatic carbocycles. The first kappa shape index (κ1) is 15.6. The SMILES string of the molecule is COCCOC(C)(C)C(=N)/C=C(\O)NC(C)=O. The van der Waals surface area contributed by atoms with E-state index in [0.29, 0.717) is 13.2 Å². The van der Waals surface area contributed by atoms with E-state index < -0.39 is 11.5 Å². The third kappa shape index (κ3) is 6.70. The summed E-state index contributed by atoms with van der Waals surface area (Å²) >= 11 is 0. The van der Waals surface area contributed by atoms with Gasteiger partial charge in [-0.3, -0.25) is 10.1 Å². The molecule has 0 heterocycles. The summed E-state index contributed by atoms with van der Waals surface area (Å²) in [6, 6.07) is 0. The van der Waals surface area contributed by atoms with Crippen molar-refractivity contribution in [2.45, 2.75) is 26.4 Å². The molecular formula is C11H20N2O4. The second-order valence-corrected chi connectivity index (χ2v) is 3.98. The molecule has 0 aromatic rings. The molecule has 0 saturated carbocycles. The maximum atomic E-state index is 10.7. The molecule has 98 valence electrons. The van der Waals surface area contributed by atoms with Gasteiger partial charge in [0.1, 0.15) is 5.60 Å². The maximum absolute atomic E-state index is 10.7. The number of hydrogen-bond donors (Lipinski definition) is 3. The normalized spacial score (nSPS) is 12.4. The van der Waals surface area contributed by atoms with E-state index in [9.17, 15) is 9.90 Å². The quantitative estimate of drug-likeness (QED) is 0.354. The van der Waals surface area contributed by atoms with Gasteiger partial charge >= 0.3 is 0 Å². The zero-order chi connectivity index (χ0) is 13.5. The molecule has 0 aliphatic heterocycles. The minimum absolute atomic E-state index is 0.0554. The lowest BCUT2D eigenvalue weighted by molar-refractivity contribution is -0.118. The van der Waals surface area contributed by atoms with Crippen molar-refractivity contribution in [3.63, 3.8) is 0 Å². The molecule has 0 aromatic carbocycles. The Morgan fingerprint density at radius 2 is 2.06 bits per heavy atom. The van der Waals surface area contributed by atoms with Crippen LogP contribution in [0.5, 0.6) is 0 Å². The molecule has 3 N–H and O–H groups in total. The van der Waals surface area contributed by atoms with Gasteiger partial charge in [-0.25, -0.2) is 0 Å². The molecule has 0 rings (SSSR count). The molecule has 0 radical (unpaired) electrons. The minimum atomic E-state index is -0.856. The zero-order valence-electron chi connectivity index (χ0n) is 10.7. The van der Waals surface area contributed by atoms with E-state index in [-0.39, 0.29) is 11.6 Å². The van der Waals surface area contributed by atoms with Crippen LogP contribution >= 0.6 is 0 Å². The lowest BCUT2D eigenvalue weighted by Gasteiger charge is -2.24. The van der Waals surface area contributed by atoms with Gasteiger partial charge in [-0.05, 0) is 13.8 Å². The van der Waals surface area contributed by atoms with Crippen LogP contribution in [0.4, 0.5) is 0 Å². The Kier molecular flexibility index (Phi) is 6.45. The highest BCUT2D eigenvalue weighted by Crippen LogP contribution is 2.12. The first-order valence-electron chi connectivity index (χ1n) is 5.19. The fraction of sp³-hybridized carbons (Fsp3) is 0.636. The van der Waals surface area contributed by atoms with E-state index in [2.05, 4.69) is 5.32 Å². The predicted molar refractivity (Wildman–Crippen MR) is 64.2 cm³/mol. The fourth-order valence-corrected chi connectivity index (χ4v) is 0.985. The van der Waals surface area contributed by atoms with E-state index in [0.717, 1.165) is 6.08 Å². The van der Waals surface area contributed by atoms with Crippen molar-refractivity contribution in [3.05, 3.63) is 12.0 Å². The van der Waals surface area contributed by atoms with Crippen molar-refractivity contribution < 1.29 is 19.4 Å². The number of aliphatic hydroxyl groups excluding tert-OH is 1. The number of amides is 1. The molecule has 0 atom stereocenters. The Balaban J connectivity index is 4.41. The molecule has 0 saturated heterocycles. The summed E-state index contributed by atoms with van der Waals surface area (Å²) < 4.78 is 10.3. The van der Waals surface area contributed by atoms with E-state index in [4.69, 9.17) is 14.9 Å². The highest BCUT2D eigenvalue weighted by molar-refractivity contribution is 5.99. The number of aliphatic hydroxyl groups is 1. The topological polar surface area (TPSA) is 91.6 Å². The van der Waals surface area contributed by atoms with E-state index in [1.807, 2.05) is 0 Å². The highest BCUT2D eigenvalue weighted by Gasteiger charge is 2.23. The molecule has 0 aromatic heterocycles. The van der Waals surface area contributed by atoms with Crippen LogP contribution in [0.15, 0.2) is 12.0 Å². The van der Waals surface area contributed by atoms with Crippen LogP contribution in [0.1, 0.15) is 20.8 Å². The van der Waals surface area contributed by atoms with E-state index >= 15 is 0 Å². The van der Waals surface area contributed by atoms with Crippen molar-refractivity contribution in [3.8, 4) is 0 Å². The lowest BCUT2D eigenvalue weighted by Crippen LogP contribution is -2.35. The monoisotopic (exact) mass is 244 g/mol. The molecule has 0 bridgehead atoms. The molecule has 17 heavy (non-hydrogen) atoms. The second-order valence-electron chi connectivity index (χ2n) is 3.98. The summed E-state index contributed by atoms with van der Waals surface area (Å²) in [5, 5.41) is 19.3. The Labute approximate surface area is 101 Å². The molecule has 6 heteroatoms. The Morgan fingerprint density at radius 3 is 2.53 bits per heavy atom. The number of methoxy groups -OCH3 is 1. The fourth-order valence-electron chi connectivity index (χ4n) is 0.985. The summed E-state index contributed by atoms with van der Waals surface area (Å²) in [4.78, 5) is 10.7. The number of nitrogens with one attached hydrogen (secondary N) is 2. The van der Waals surface area contributed by atoms with Crippen molar-refractivity contribution in [1.82, 2.24) is 5.32 Å². The average Bonchev–Trinajstić information content (AvgIpc) is 2.16. The molecular weight excluding hydrogens is 224 g/mol. The molecule has 0 aliphatic rings. The lowest BCUT2D eigenvalue weighted by atomic mass is 10.0. The Bertz CT molecular complexity index is 311. The predicted octanol–water partition coefficient (Wildman–Crippen LogP) is 0.983. The van der Waals surface area contributed by atoms with Crippen molar-refractivity contribution in [2.24, 2.45) is 0 Å². The van der Waals surface area contributed by atoms with E-state index in [1.54, 1.807) is 21.0 Å². The smallest absolute Gasteiger partial charge is 0.223 e. The average molecular weight is 244 g/mol. The van der Waals surface area contributed by atoms with E-state index in [1.165, 1.54) is 6.92 Å². The largest absolute Gasteiger partial charge is 0.494 e. The van der Waals surface area contributed by atoms with Gasteiger partial charge in [-0.2, -0.15) is 0 Å². The highest BCUT2D eigenvalue weighted by atomic mass is 16.5. The van der Waals surface area contributed by atoms with Crippen molar-refractivity contribution >= 4 is 11.6 Å². The van der Waals surface area contributed by atoms with Gasteiger partial charge in [0.2, 0.25) is 5.91 Å². The molecule has 0 spiro atoms. The number of hydrogen-bond acceptors (Lipinski definition) is 5. The van der Waals surface area contributed by atoms with Gasteiger partial charge in [0.25, 0.3) is 0 Å². The number of rotatable bonds is 7. The zero-order valence-corrected chi connectivity index (χ0v) is 10.7. The van der Waals surface area contributed by atoms with Crippen LogP contribution < -0.4 is 5.32 Å². The van der Waals surface area contributed by atoms with Crippen LogP contribution in [-0.4, -0.2) is 42.7 Å². The number of ether oxygens (including phenoxy) is 2. The molecule has 1 amide bonds. The number of carbonyl (C=O) groups is 1. The number of carbonyl (C=O) groups excluding carboxylic acids is 1. The van der Waals surface area contributed by atoms with Crippen LogP contribution in [0.25, 0.3) is 0 Å². The molecule has 0 fully saturated rings. The minimum Gasteiger partial charge on any atom is -0.494 e. The Hall–Kier alpha value is -1.40. The summed E-state index contributed by atoms with van der Waals surface area (Å²) in [5.41, 5.74) is -0.801. The molecule has 0 unspecified atom stereocenters.